The third kappa shape index (κ3) is 3.93. The van der Waals surface area contributed by atoms with Crippen molar-refractivity contribution in [1.29, 1.82) is 0 Å². The van der Waals surface area contributed by atoms with Gasteiger partial charge < -0.3 is 9.84 Å². The molecule has 0 radical (unpaired) electrons. The Morgan fingerprint density at radius 1 is 1.07 bits per heavy atom. The third-order valence-electron chi connectivity index (χ3n) is 8.50. The number of hydrogen-bond acceptors (Lipinski definition) is 8. The third-order valence-corrected chi connectivity index (χ3v) is 8.50. The van der Waals surface area contributed by atoms with E-state index >= 15 is 0 Å². The first-order valence-corrected chi connectivity index (χ1v) is 13.4. The summed E-state index contributed by atoms with van der Waals surface area (Å²) in [6.07, 6.45) is 3.43. The number of anilines is 1. The summed E-state index contributed by atoms with van der Waals surface area (Å²) in [5.41, 5.74) is 1.75. The maximum absolute atomic E-state index is 14.0. The molecule has 10 nitrogen and oxygen atoms in total. The van der Waals surface area contributed by atoms with E-state index in [-0.39, 0.29) is 64.0 Å². The number of nitro groups is 1. The number of aromatic hydroxyl groups is 1. The van der Waals surface area contributed by atoms with Gasteiger partial charge in [0.05, 0.1) is 29.1 Å². The van der Waals surface area contributed by atoms with Crippen LogP contribution in [0.1, 0.15) is 38.2 Å². The quantitative estimate of drug-likeness (QED) is 0.189. The van der Waals surface area contributed by atoms with Crippen molar-refractivity contribution in [3.8, 4) is 11.5 Å². The number of fused-ring (bicyclic) bond motifs is 3. The molecule has 41 heavy (non-hydrogen) atoms. The number of benzene rings is 2. The molecule has 208 valence electrons. The molecule has 1 fully saturated rings. The van der Waals surface area contributed by atoms with Gasteiger partial charge in [-0.3, -0.25) is 29.3 Å². The highest BCUT2D eigenvalue weighted by molar-refractivity contribution is 6.25. The number of non-ortho nitro benzene ring substituents is 1. The zero-order valence-electron chi connectivity index (χ0n) is 22.3. The van der Waals surface area contributed by atoms with Gasteiger partial charge in [-0.1, -0.05) is 29.8 Å². The van der Waals surface area contributed by atoms with E-state index in [9.17, 15) is 34.4 Å². The van der Waals surface area contributed by atoms with Crippen molar-refractivity contribution in [3.05, 3.63) is 92.6 Å². The van der Waals surface area contributed by atoms with Gasteiger partial charge in [0.2, 0.25) is 11.8 Å². The van der Waals surface area contributed by atoms with Crippen molar-refractivity contribution in [2.75, 3.05) is 11.5 Å². The number of rotatable bonds is 5. The van der Waals surface area contributed by atoms with Crippen LogP contribution >= 0.6 is 0 Å². The summed E-state index contributed by atoms with van der Waals surface area (Å²) in [5, 5.41) is 22.6. The molecule has 6 rings (SSSR count). The second kappa shape index (κ2) is 9.65. The predicted molar refractivity (Wildman–Crippen MR) is 146 cm³/mol. The molecule has 0 aromatic heterocycles. The molecule has 4 atom stereocenters. The number of Topliss-reactive ketones (excluding diaryl/α,β-unsaturated/α-hetero) is 1. The van der Waals surface area contributed by atoms with Crippen LogP contribution in [0, 0.1) is 27.9 Å². The number of ether oxygens (including phenoxy) is 1. The number of nitro benzene ring substituents is 1. The minimum absolute atomic E-state index is 0.0842. The molecule has 0 saturated carbocycles. The Morgan fingerprint density at radius 2 is 1.83 bits per heavy atom. The largest absolute Gasteiger partial charge is 0.504 e. The van der Waals surface area contributed by atoms with Crippen molar-refractivity contribution in [2.24, 2.45) is 17.8 Å². The average molecular weight is 555 g/mol. The number of phenolic OH excluding ortho intramolecular Hbond substituents is 1. The Hall–Kier alpha value is -4.86. The molecule has 2 aromatic carbocycles. The van der Waals surface area contributed by atoms with Gasteiger partial charge in [-0.05, 0) is 50.8 Å². The second-order valence-corrected chi connectivity index (χ2v) is 10.6. The highest BCUT2D eigenvalue weighted by Gasteiger charge is 2.57. The maximum Gasteiger partial charge on any atom is 0.271 e. The molecule has 4 unspecified atom stereocenters. The molecule has 2 amide bonds. The van der Waals surface area contributed by atoms with E-state index in [0.717, 1.165) is 4.90 Å². The summed E-state index contributed by atoms with van der Waals surface area (Å²) in [7, 11) is 0. The van der Waals surface area contributed by atoms with Crippen LogP contribution in [0.2, 0.25) is 0 Å². The highest BCUT2D eigenvalue weighted by Crippen LogP contribution is 2.57. The Bertz CT molecular complexity index is 1670. The summed E-state index contributed by atoms with van der Waals surface area (Å²) < 4.78 is 5.60. The van der Waals surface area contributed by atoms with Crippen LogP contribution in [0.5, 0.6) is 11.5 Å². The van der Waals surface area contributed by atoms with Gasteiger partial charge in [-0.15, -0.1) is 0 Å². The van der Waals surface area contributed by atoms with Gasteiger partial charge in [0.25, 0.3) is 5.69 Å². The molecule has 4 aliphatic rings. The summed E-state index contributed by atoms with van der Waals surface area (Å²) >= 11 is 0. The lowest BCUT2D eigenvalue weighted by Crippen LogP contribution is -2.39. The molecule has 0 spiro atoms. The SMILES string of the molecule is CCOc1cccc(C2C3=CCC4C(=O)N(c5cccc([N+](=O)[O-])c5)C(=O)C4C3CC3=C2C(=O)C(C)=CC3=O)c1O. The van der Waals surface area contributed by atoms with Crippen LogP contribution in [-0.4, -0.2) is 40.0 Å². The molecule has 1 aliphatic heterocycles. The lowest BCUT2D eigenvalue weighted by molar-refractivity contribution is -0.384. The smallest absolute Gasteiger partial charge is 0.271 e. The second-order valence-electron chi connectivity index (χ2n) is 10.6. The number of carbonyl (C=O) groups is 4. The zero-order valence-corrected chi connectivity index (χ0v) is 22.3. The monoisotopic (exact) mass is 554 g/mol. The van der Waals surface area contributed by atoms with Crippen LogP contribution < -0.4 is 9.64 Å². The number of para-hydroxylation sites is 1. The number of imide groups is 1. The molecule has 3 aliphatic carbocycles. The summed E-state index contributed by atoms with van der Waals surface area (Å²) in [6, 6.07) is 10.4. The summed E-state index contributed by atoms with van der Waals surface area (Å²) in [4.78, 5) is 66.1. The number of phenols is 1. The maximum atomic E-state index is 14.0. The van der Waals surface area contributed by atoms with E-state index in [0.29, 0.717) is 17.7 Å². The standard InChI is InChI=1S/C31H26N2O8/c1-3-41-24-9-5-8-19(29(24)36)25-18-10-11-20-26(21(18)14-22-23(34)12-15(2)28(35)27(22)25)31(38)32(30(20)37)16-6-4-7-17(13-16)33(39)40/h4-10,12-13,20-21,25-26,36H,3,11,14H2,1-2H3. The van der Waals surface area contributed by atoms with E-state index < -0.39 is 40.4 Å². The molecule has 1 N–H and O–H groups in total. The number of ketones is 2. The van der Waals surface area contributed by atoms with Crippen LogP contribution in [0.25, 0.3) is 0 Å². The molecule has 0 bridgehead atoms. The topological polar surface area (TPSA) is 144 Å². The van der Waals surface area contributed by atoms with Crippen molar-refractivity contribution in [2.45, 2.75) is 32.6 Å². The molecular formula is C31H26N2O8. The number of carbonyl (C=O) groups excluding carboxylic acids is 4. The first-order valence-electron chi connectivity index (χ1n) is 13.4. The van der Waals surface area contributed by atoms with E-state index in [1.807, 2.05) is 6.08 Å². The molecule has 2 aromatic rings. The summed E-state index contributed by atoms with van der Waals surface area (Å²) in [6.45, 7) is 3.65. The van der Waals surface area contributed by atoms with Gasteiger partial charge >= 0.3 is 0 Å². The van der Waals surface area contributed by atoms with E-state index in [2.05, 4.69) is 0 Å². The fourth-order valence-corrected chi connectivity index (χ4v) is 6.76. The molecule has 1 heterocycles. The lowest BCUT2D eigenvalue weighted by atomic mass is 9.59. The van der Waals surface area contributed by atoms with Crippen molar-refractivity contribution in [3.63, 3.8) is 0 Å². The van der Waals surface area contributed by atoms with Crippen LogP contribution in [0.15, 0.2) is 76.9 Å². The van der Waals surface area contributed by atoms with Crippen LogP contribution in [-0.2, 0) is 19.2 Å². The normalized spacial score (nSPS) is 25.4. The number of hydrogen-bond donors (Lipinski definition) is 1. The van der Waals surface area contributed by atoms with Gasteiger partial charge in [-0.2, -0.15) is 0 Å². The fourth-order valence-electron chi connectivity index (χ4n) is 6.76. The number of amides is 2. The minimum Gasteiger partial charge on any atom is -0.504 e. The van der Waals surface area contributed by atoms with Crippen LogP contribution in [0.4, 0.5) is 11.4 Å². The molecule has 10 heteroatoms. The van der Waals surface area contributed by atoms with Gasteiger partial charge in [0, 0.05) is 40.3 Å². The first kappa shape index (κ1) is 26.4. The van der Waals surface area contributed by atoms with E-state index in [1.165, 1.54) is 30.3 Å². The van der Waals surface area contributed by atoms with E-state index in [4.69, 9.17) is 4.74 Å². The minimum atomic E-state index is -0.842. The molecular weight excluding hydrogens is 528 g/mol. The van der Waals surface area contributed by atoms with Gasteiger partial charge in [0.1, 0.15) is 0 Å². The number of allylic oxidation sites excluding steroid dienone is 6. The van der Waals surface area contributed by atoms with Crippen LogP contribution in [0.3, 0.4) is 0 Å². The van der Waals surface area contributed by atoms with Gasteiger partial charge in [0.15, 0.2) is 23.1 Å². The van der Waals surface area contributed by atoms with Gasteiger partial charge in [-0.25, -0.2) is 4.90 Å². The predicted octanol–water partition coefficient (Wildman–Crippen LogP) is 4.33. The Balaban J connectivity index is 1.49. The average Bonchev–Trinajstić information content (AvgIpc) is 3.21. The van der Waals surface area contributed by atoms with Crippen molar-refractivity contribution in [1.82, 2.24) is 0 Å². The van der Waals surface area contributed by atoms with E-state index in [1.54, 1.807) is 32.0 Å². The van der Waals surface area contributed by atoms with Crippen molar-refractivity contribution >= 4 is 34.8 Å². The first-order chi connectivity index (χ1) is 19.6. The molecule has 1 saturated heterocycles. The Kier molecular flexibility index (Phi) is 6.21. The summed E-state index contributed by atoms with van der Waals surface area (Å²) in [5.74, 6) is -4.53. The van der Waals surface area contributed by atoms with Crippen molar-refractivity contribution < 1.29 is 33.9 Å². The Morgan fingerprint density at radius 3 is 2.56 bits per heavy atom. The zero-order chi connectivity index (χ0) is 29.2. The highest BCUT2D eigenvalue weighted by atomic mass is 16.6. The lowest BCUT2D eigenvalue weighted by Gasteiger charge is -2.42. The fraction of sp³-hybridized carbons (Fsp3) is 0.290. The Labute approximate surface area is 234 Å². The number of nitrogens with zero attached hydrogens (tertiary/aromatic N) is 2.